The van der Waals surface area contributed by atoms with Crippen molar-refractivity contribution in [1.82, 2.24) is 14.1 Å². The van der Waals surface area contributed by atoms with Gasteiger partial charge in [-0.05, 0) is 98.6 Å². The van der Waals surface area contributed by atoms with Gasteiger partial charge in [0.2, 0.25) is 0 Å². The Kier molecular flexibility index (Phi) is 9.92. The first-order valence-electron chi connectivity index (χ1n) is 22.4. The normalized spacial score (nSPS) is 15.8. The van der Waals surface area contributed by atoms with E-state index in [1.165, 1.54) is 11.1 Å². The molecule has 3 aromatic heterocycles. The summed E-state index contributed by atoms with van der Waals surface area (Å²) in [5.41, 5.74) is 9.66. The SMILES string of the molecule is [2H]C([2H])([2H])c1cccc2c1[n+](C1=CC(C(C)(C)C)=C[C@H](C(C)(C)C)C1)[c-]n2-c1[c-]c(Oc2[c-]c3c(cc2)c2cc(-c4ccccc4)ccc2n3-c2cc(C(C)(C)C)ccn2)ccc1.[Pt]. The number of fused-ring (bicyclic) bond motifs is 4. The average molecular weight is 985 g/mol. The number of hydrogen-bond donors (Lipinski definition) is 0. The number of pyridine rings is 1. The average Bonchev–Trinajstić information content (AvgIpc) is 3.78. The summed E-state index contributed by atoms with van der Waals surface area (Å²) in [6.45, 7) is 17.8. The maximum absolute atomic E-state index is 8.60. The first kappa shape index (κ1) is 38.4. The van der Waals surface area contributed by atoms with Gasteiger partial charge in [-0.2, -0.15) is 18.2 Å². The monoisotopic (exact) mass is 984 g/mol. The maximum atomic E-state index is 8.60. The maximum Gasteiger partial charge on any atom is 0.267 e. The molecule has 8 aromatic rings. The molecule has 312 valence electrons. The molecule has 61 heavy (non-hydrogen) atoms. The predicted molar refractivity (Wildman–Crippen MR) is 247 cm³/mol. The van der Waals surface area contributed by atoms with E-state index in [0.717, 1.165) is 56.4 Å². The van der Waals surface area contributed by atoms with Crippen LogP contribution in [0, 0.1) is 42.1 Å². The van der Waals surface area contributed by atoms with Gasteiger partial charge in [0, 0.05) is 54.1 Å². The third-order valence-corrected chi connectivity index (χ3v) is 11.9. The second kappa shape index (κ2) is 15.7. The van der Waals surface area contributed by atoms with Crippen LogP contribution in [0.3, 0.4) is 0 Å². The molecule has 0 saturated carbocycles. The molecule has 0 unspecified atom stereocenters. The molecule has 0 aliphatic heterocycles. The van der Waals surface area contributed by atoms with Crippen LogP contribution in [0.5, 0.6) is 11.5 Å². The molecule has 0 amide bonds. The summed E-state index contributed by atoms with van der Waals surface area (Å²) >= 11 is 0. The molecule has 0 spiro atoms. The number of ether oxygens (including phenoxy) is 1. The first-order chi connectivity index (χ1) is 29.7. The number of aryl methyl sites for hydroxylation is 1. The Morgan fingerprint density at radius 1 is 0.738 bits per heavy atom. The van der Waals surface area contributed by atoms with Crippen LogP contribution in [-0.4, -0.2) is 14.1 Å². The van der Waals surface area contributed by atoms with Crippen molar-refractivity contribution >= 4 is 38.5 Å². The van der Waals surface area contributed by atoms with Crippen LogP contribution >= 0.6 is 0 Å². The molecule has 5 nitrogen and oxygen atoms in total. The van der Waals surface area contributed by atoms with E-state index in [-0.39, 0.29) is 48.8 Å². The Morgan fingerprint density at radius 3 is 2.25 bits per heavy atom. The van der Waals surface area contributed by atoms with E-state index in [1.807, 2.05) is 57.8 Å². The van der Waals surface area contributed by atoms with Crippen molar-refractivity contribution in [1.29, 1.82) is 0 Å². The minimum Gasteiger partial charge on any atom is -0.510 e. The summed E-state index contributed by atoms with van der Waals surface area (Å²) in [5.74, 6) is 2.06. The molecule has 0 N–H and O–H groups in total. The zero-order valence-corrected chi connectivity index (χ0v) is 38.7. The molecule has 1 atom stereocenters. The van der Waals surface area contributed by atoms with E-state index < -0.39 is 6.85 Å². The Bertz CT molecular complexity index is 3120. The number of nitrogens with zero attached hydrogens (tertiary/aromatic N) is 4. The molecule has 6 heteroatoms. The van der Waals surface area contributed by atoms with Gasteiger partial charge in [0.05, 0.1) is 11.0 Å². The quantitative estimate of drug-likeness (QED) is 0.123. The molecule has 9 rings (SSSR count). The van der Waals surface area contributed by atoms with Crippen LogP contribution in [0.15, 0.2) is 133 Å². The fourth-order valence-electron chi connectivity index (χ4n) is 8.29. The second-order valence-electron chi connectivity index (χ2n) is 19.3. The van der Waals surface area contributed by atoms with Gasteiger partial charge in [-0.3, -0.25) is 4.57 Å². The van der Waals surface area contributed by atoms with E-state index in [2.05, 4.69) is 158 Å². The Balaban J connectivity index is 0.00000560. The Morgan fingerprint density at radius 2 is 1.51 bits per heavy atom. The van der Waals surface area contributed by atoms with Crippen molar-refractivity contribution in [3.05, 3.63) is 163 Å². The summed E-state index contributed by atoms with van der Waals surface area (Å²) in [6.07, 6.45) is 10.9. The molecule has 5 aromatic carbocycles. The third kappa shape index (κ3) is 8.06. The van der Waals surface area contributed by atoms with Gasteiger partial charge in [-0.25, -0.2) is 4.98 Å². The summed E-state index contributed by atoms with van der Waals surface area (Å²) in [4.78, 5) is 4.89. The number of aromatic nitrogens is 4. The van der Waals surface area contributed by atoms with Crippen LogP contribution < -0.4 is 9.30 Å². The van der Waals surface area contributed by atoms with Crippen molar-refractivity contribution in [3.8, 4) is 34.1 Å². The number of benzene rings is 5. The van der Waals surface area contributed by atoms with Gasteiger partial charge in [0.25, 0.3) is 6.33 Å². The molecule has 1 aliphatic carbocycles. The molecule has 0 fully saturated rings. The molecular formula is C55H54N4OPt-2. The van der Waals surface area contributed by atoms with Crippen molar-refractivity contribution in [2.45, 2.75) is 81.0 Å². The van der Waals surface area contributed by atoms with Crippen LogP contribution in [0.25, 0.3) is 61.2 Å². The summed E-state index contributed by atoms with van der Waals surface area (Å²) < 4.78 is 38.5. The number of allylic oxidation sites excluding steroid dienone is 4. The standard InChI is InChI=1S/C55H54N4O.Pt/c1-36-16-14-21-49-52(36)58(43-30-40(54(5,6)7)29-41(31-43)55(8,9)10)35-57(49)42-19-15-20-44(33-42)60-45-23-24-46-47-28-38(37-17-12-11-13-18-37)22-25-48(47)59(50(46)34-45)51-32-39(26-27-56-51)53(2,3)4;/h11-30,32,41H,31H2,1-10H3;/q-2;/t41-;/m0./s1/i1D3;. The van der Waals surface area contributed by atoms with Crippen LogP contribution in [0.2, 0.25) is 0 Å². The van der Waals surface area contributed by atoms with Gasteiger partial charge in [-0.15, -0.1) is 29.7 Å². The van der Waals surface area contributed by atoms with E-state index in [4.69, 9.17) is 13.8 Å². The van der Waals surface area contributed by atoms with E-state index in [0.29, 0.717) is 22.7 Å². The largest absolute Gasteiger partial charge is 0.510 e. The second-order valence-corrected chi connectivity index (χ2v) is 19.3. The molecule has 0 bridgehead atoms. The zero-order valence-electron chi connectivity index (χ0n) is 39.4. The van der Waals surface area contributed by atoms with Crippen molar-refractivity contribution < 1.29 is 34.5 Å². The fourth-order valence-corrected chi connectivity index (χ4v) is 8.29. The van der Waals surface area contributed by atoms with Crippen molar-refractivity contribution in [3.63, 3.8) is 0 Å². The molecule has 3 heterocycles. The topological polar surface area (TPSA) is 35.9 Å². The number of rotatable bonds is 6. The first-order valence-corrected chi connectivity index (χ1v) is 20.9. The zero-order chi connectivity index (χ0) is 44.6. The van der Waals surface area contributed by atoms with Crippen molar-refractivity contribution in [2.75, 3.05) is 0 Å². The fraction of sp³-hybridized carbons (Fsp3) is 0.273. The molecule has 1 aliphatic rings. The minimum atomic E-state index is -2.35. The van der Waals surface area contributed by atoms with Gasteiger partial charge < -0.3 is 13.9 Å². The van der Waals surface area contributed by atoms with Gasteiger partial charge in [0.1, 0.15) is 5.82 Å². The molecule has 0 radical (unpaired) electrons. The van der Waals surface area contributed by atoms with Crippen molar-refractivity contribution in [2.24, 2.45) is 16.7 Å². The summed E-state index contributed by atoms with van der Waals surface area (Å²) in [6, 6.07) is 43.7. The van der Waals surface area contributed by atoms with Crippen LogP contribution in [0.1, 0.15) is 84.0 Å². The van der Waals surface area contributed by atoms with E-state index in [9.17, 15) is 0 Å². The van der Waals surface area contributed by atoms with Crippen LogP contribution in [0.4, 0.5) is 0 Å². The van der Waals surface area contributed by atoms with Crippen LogP contribution in [-0.2, 0) is 26.5 Å². The minimum absolute atomic E-state index is 0. The molecule has 0 saturated heterocycles. The number of imidazole rings is 1. The van der Waals surface area contributed by atoms with Gasteiger partial charge in [0.15, 0.2) is 0 Å². The van der Waals surface area contributed by atoms with Gasteiger partial charge in [-0.1, -0.05) is 135 Å². The predicted octanol–water partition coefficient (Wildman–Crippen LogP) is 13.8. The number of para-hydroxylation sites is 1. The Labute approximate surface area is 379 Å². The summed E-state index contributed by atoms with van der Waals surface area (Å²) in [5, 5.41) is 2.13. The van der Waals surface area contributed by atoms with Gasteiger partial charge >= 0.3 is 0 Å². The van der Waals surface area contributed by atoms with E-state index >= 15 is 0 Å². The third-order valence-electron chi connectivity index (χ3n) is 11.9. The smallest absolute Gasteiger partial charge is 0.267 e. The molecular weight excluding hydrogens is 928 g/mol. The van der Waals surface area contributed by atoms with E-state index in [1.54, 1.807) is 6.07 Å². The Hall–Kier alpha value is -5.51. The summed E-state index contributed by atoms with van der Waals surface area (Å²) in [7, 11) is 0. The number of hydrogen-bond acceptors (Lipinski definition) is 2.